The highest BCUT2D eigenvalue weighted by molar-refractivity contribution is 6.34. The van der Waals surface area contributed by atoms with Gasteiger partial charge in [0.1, 0.15) is 45.7 Å². The molecule has 0 radical (unpaired) electrons. The van der Waals surface area contributed by atoms with E-state index in [1.165, 1.54) is 85.7 Å². The van der Waals surface area contributed by atoms with Gasteiger partial charge in [0.05, 0.1) is 66.9 Å². The van der Waals surface area contributed by atoms with Gasteiger partial charge < -0.3 is 55.3 Å². The summed E-state index contributed by atoms with van der Waals surface area (Å²) in [7, 11) is 2.96. The van der Waals surface area contributed by atoms with Gasteiger partial charge in [0.15, 0.2) is 5.82 Å². The molecule has 0 saturated carbocycles. The van der Waals surface area contributed by atoms with Crippen LogP contribution in [0.5, 0.6) is 11.5 Å². The minimum absolute atomic E-state index is 0.00269. The van der Waals surface area contributed by atoms with Crippen molar-refractivity contribution in [3.63, 3.8) is 0 Å². The number of methoxy groups -OCH3 is 1. The normalized spacial score (nSPS) is 17.7. The number of benzene rings is 5. The quantitative estimate of drug-likeness (QED) is 0.0315. The van der Waals surface area contributed by atoms with Crippen LogP contribution in [0.1, 0.15) is 67.9 Å². The van der Waals surface area contributed by atoms with Crippen molar-refractivity contribution in [3.05, 3.63) is 134 Å². The van der Waals surface area contributed by atoms with E-state index < -0.39 is 75.2 Å². The highest BCUT2D eigenvalue weighted by Gasteiger charge is 2.61. The minimum atomic E-state index is -1.85. The smallest absolute Gasteiger partial charge is 0.251 e. The third kappa shape index (κ3) is 14.3. The van der Waals surface area contributed by atoms with Crippen molar-refractivity contribution < 1.29 is 56.1 Å². The molecule has 2 saturated heterocycles. The minimum Gasteiger partial charge on any atom is -0.507 e. The number of fused-ring (bicyclic) bond motifs is 1. The molecule has 5 N–H and O–H groups in total. The Labute approximate surface area is 510 Å². The van der Waals surface area contributed by atoms with E-state index >= 15 is 17.6 Å². The first-order valence-electron chi connectivity index (χ1n) is 27.6. The standard InChI is InChI=1S/C61H65Cl3F4N10O8/c1-34(79)77-20-22-78(23-21-77)56-38-31-41(64)49(50-42(65)11-8-12-45(50)80)53(68)54(38)74-59(75-56)71-18-17-48(81)76(5)24-26-86-28-27-85-25-19-70-57(82)35-13-16-44(46(29-35)84-6)72-58(83)55-51(37-9-7-10-40(63)52(37)67)61(33-69,47(73-55)32-60(2,3)4)39-15-14-36(62)30-43(39)66/h7-16,29-31,47,51,55,73,80H,17-28,32H2,1-6H3,(H,70,82)(H,72,83)(H,71,74,75). The number of carbonyl (C=O) groups excluding carboxylic acids is 4. The molecule has 2 fully saturated rings. The van der Waals surface area contributed by atoms with Crippen LogP contribution in [0.4, 0.5) is 35.0 Å². The van der Waals surface area contributed by atoms with Crippen molar-refractivity contribution in [2.75, 3.05) is 102 Å². The lowest BCUT2D eigenvalue weighted by molar-refractivity contribution is -0.130. The summed E-state index contributed by atoms with van der Waals surface area (Å²) in [6.07, 6.45) is 0.265. The Bertz CT molecular complexity index is 3550. The molecular weight excluding hydrogens is 1180 g/mol. The van der Waals surface area contributed by atoms with Crippen LogP contribution in [-0.4, -0.2) is 147 Å². The maximum Gasteiger partial charge on any atom is 0.251 e. The molecule has 0 bridgehead atoms. The van der Waals surface area contributed by atoms with Gasteiger partial charge in [-0.2, -0.15) is 10.2 Å². The van der Waals surface area contributed by atoms with Crippen molar-refractivity contribution >= 4 is 86.8 Å². The molecule has 25 heteroatoms. The fourth-order valence-electron chi connectivity index (χ4n) is 10.9. The summed E-state index contributed by atoms with van der Waals surface area (Å²) < 4.78 is 80.8. The van der Waals surface area contributed by atoms with Gasteiger partial charge in [-0.1, -0.05) is 79.8 Å². The number of nitrogens with zero attached hydrogens (tertiary/aromatic N) is 6. The topological polar surface area (TPSA) is 224 Å². The highest BCUT2D eigenvalue weighted by atomic mass is 35.5. The van der Waals surface area contributed by atoms with Gasteiger partial charge >= 0.3 is 0 Å². The van der Waals surface area contributed by atoms with Gasteiger partial charge in [-0.05, 0) is 72.0 Å². The molecule has 2 aliphatic rings. The zero-order valence-corrected chi connectivity index (χ0v) is 50.3. The summed E-state index contributed by atoms with van der Waals surface area (Å²) in [6.45, 7) is 9.87. The van der Waals surface area contributed by atoms with Crippen LogP contribution < -0.4 is 30.9 Å². The van der Waals surface area contributed by atoms with E-state index in [2.05, 4.69) is 37.3 Å². The molecule has 0 aliphatic carbocycles. The number of aromatic hydroxyl groups is 1. The number of piperazine rings is 1. The first kappa shape index (κ1) is 64.5. The molecule has 18 nitrogen and oxygen atoms in total. The molecule has 4 amide bonds. The number of hydrogen-bond donors (Lipinski definition) is 5. The molecule has 5 aromatic carbocycles. The van der Waals surface area contributed by atoms with Crippen molar-refractivity contribution in [1.29, 1.82) is 5.26 Å². The number of nitrogens with one attached hydrogen (secondary N) is 4. The van der Waals surface area contributed by atoms with E-state index in [0.29, 0.717) is 32.0 Å². The first-order chi connectivity index (χ1) is 41.0. The number of nitriles is 1. The number of aromatic nitrogens is 2. The molecule has 8 rings (SSSR count). The summed E-state index contributed by atoms with van der Waals surface area (Å²) in [5.74, 6) is -6.46. The second-order valence-electron chi connectivity index (χ2n) is 22.0. The van der Waals surface area contributed by atoms with Crippen LogP contribution in [0.3, 0.4) is 0 Å². The number of likely N-dealkylation sites (N-methyl/N-ethyl adjacent to an activating group) is 1. The lowest BCUT2D eigenvalue weighted by atomic mass is 9.62. The maximum atomic E-state index is 16.5. The Kier molecular flexibility index (Phi) is 20.9. The van der Waals surface area contributed by atoms with Crippen LogP contribution in [0.25, 0.3) is 22.0 Å². The second-order valence-corrected chi connectivity index (χ2v) is 23.3. The number of rotatable bonds is 22. The van der Waals surface area contributed by atoms with Crippen LogP contribution in [0.15, 0.2) is 78.9 Å². The molecule has 4 atom stereocenters. The maximum absolute atomic E-state index is 16.5. The largest absolute Gasteiger partial charge is 0.507 e. The average molecular weight is 1250 g/mol. The van der Waals surface area contributed by atoms with E-state index in [9.17, 15) is 29.5 Å². The van der Waals surface area contributed by atoms with Crippen molar-refractivity contribution in [2.24, 2.45) is 5.41 Å². The van der Waals surface area contributed by atoms with Gasteiger partial charge in [-0.25, -0.2) is 22.5 Å². The zero-order valence-electron chi connectivity index (χ0n) is 48.1. The lowest BCUT2D eigenvalue weighted by Gasteiger charge is -2.37. The molecule has 1 aromatic heterocycles. The van der Waals surface area contributed by atoms with Crippen molar-refractivity contribution in [2.45, 2.75) is 64.0 Å². The van der Waals surface area contributed by atoms with Gasteiger partial charge in [-0.15, -0.1) is 0 Å². The van der Waals surface area contributed by atoms with Crippen molar-refractivity contribution in [3.8, 4) is 28.7 Å². The van der Waals surface area contributed by atoms with E-state index in [1.54, 1.807) is 11.9 Å². The molecule has 6 aromatic rings. The van der Waals surface area contributed by atoms with E-state index in [1.807, 2.05) is 25.7 Å². The summed E-state index contributed by atoms with van der Waals surface area (Å²) in [5, 5.41) is 33.5. The zero-order chi connectivity index (χ0) is 62.2. The van der Waals surface area contributed by atoms with Gasteiger partial charge in [-0.3, -0.25) is 19.2 Å². The number of halogens is 7. The Morgan fingerprint density at radius 2 is 1.58 bits per heavy atom. The van der Waals surface area contributed by atoms with Crippen LogP contribution in [0.2, 0.25) is 15.1 Å². The highest BCUT2D eigenvalue weighted by Crippen LogP contribution is 2.53. The molecule has 3 heterocycles. The SMILES string of the molecule is COc1cc(C(=O)NCCOCCOCCN(C)C(=O)CCNc2nc(N3CCN(C(C)=O)CC3)c3cc(Cl)c(-c4c(O)cccc4F)c(F)c3n2)ccc1NC(=O)C1NC(CC(C)(C)C)C(C#N)(c2ccc(Cl)cc2F)C1c1cccc(Cl)c1F. The average Bonchev–Trinajstić information content (AvgIpc) is 1.50. The number of carbonyl (C=O) groups is 4. The third-order valence-electron chi connectivity index (χ3n) is 15.1. The van der Waals surface area contributed by atoms with Gasteiger partial charge in [0, 0.05) is 105 Å². The first-order valence-corrected chi connectivity index (χ1v) is 28.8. The number of phenolic OH excluding ortho intramolecular Hbond substituents is 1. The fraction of sp³-hybridized carbons (Fsp3) is 0.393. The predicted octanol–water partition coefficient (Wildman–Crippen LogP) is 9.88. The van der Waals surface area contributed by atoms with Gasteiger partial charge in [0.2, 0.25) is 23.7 Å². The number of amides is 4. The molecule has 0 spiro atoms. The fourth-order valence-corrected chi connectivity index (χ4v) is 11.5. The number of anilines is 3. The molecule has 4 unspecified atom stereocenters. The summed E-state index contributed by atoms with van der Waals surface area (Å²) >= 11 is 19.0. The summed E-state index contributed by atoms with van der Waals surface area (Å²) in [5.41, 5.74) is -3.10. The van der Waals surface area contributed by atoms with E-state index in [-0.39, 0.29) is 136 Å². The Morgan fingerprint density at radius 1 is 0.860 bits per heavy atom. The molecular formula is C61H65Cl3F4N10O8. The Morgan fingerprint density at radius 3 is 2.26 bits per heavy atom. The Hall–Kier alpha value is -7.52. The number of ether oxygens (including phenoxy) is 3. The van der Waals surface area contributed by atoms with E-state index in [0.717, 1.165) is 12.1 Å². The molecule has 86 heavy (non-hydrogen) atoms. The predicted molar refractivity (Wildman–Crippen MR) is 320 cm³/mol. The molecule has 2 aliphatic heterocycles. The van der Waals surface area contributed by atoms with Crippen LogP contribution in [0, 0.1) is 40.0 Å². The van der Waals surface area contributed by atoms with E-state index in [4.69, 9.17) is 49.0 Å². The summed E-state index contributed by atoms with van der Waals surface area (Å²) in [6, 6.07) is 17.6. The monoisotopic (exact) mass is 1250 g/mol. The lowest BCUT2D eigenvalue weighted by Crippen LogP contribution is -2.48. The number of phenols is 1. The van der Waals surface area contributed by atoms with Crippen molar-refractivity contribution in [1.82, 2.24) is 30.4 Å². The van der Waals surface area contributed by atoms with Crippen LogP contribution in [-0.2, 0) is 29.3 Å². The van der Waals surface area contributed by atoms with Crippen LogP contribution >= 0.6 is 34.8 Å². The summed E-state index contributed by atoms with van der Waals surface area (Å²) in [4.78, 5) is 67.2. The Balaban J connectivity index is 0.809. The second kappa shape index (κ2) is 27.9. The molecule has 456 valence electrons. The third-order valence-corrected chi connectivity index (χ3v) is 15.9. The number of hydrogen-bond acceptors (Lipinski definition) is 14. The van der Waals surface area contributed by atoms with Gasteiger partial charge in [0.25, 0.3) is 5.91 Å².